The van der Waals surface area contributed by atoms with E-state index in [1.54, 1.807) is 13.2 Å². The quantitative estimate of drug-likeness (QED) is 0.477. The minimum Gasteiger partial charge on any atom is -0.492 e. The van der Waals surface area contributed by atoms with Gasteiger partial charge >= 0.3 is 0 Å². The highest BCUT2D eigenvalue weighted by Gasteiger charge is 2.21. The van der Waals surface area contributed by atoms with Gasteiger partial charge < -0.3 is 26.0 Å². The maximum absolute atomic E-state index is 12.0. The van der Waals surface area contributed by atoms with Gasteiger partial charge in [-0.2, -0.15) is 0 Å². The molecule has 0 unspecified atom stereocenters. The van der Waals surface area contributed by atoms with Crippen LogP contribution in [0, 0.1) is 0 Å². The second-order valence-corrected chi connectivity index (χ2v) is 5.81. The molecule has 4 N–H and O–H groups in total. The van der Waals surface area contributed by atoms with Crippen LogP contribution in [0.25, 0.3) is 0 Å². The molecular weight excluding hydrogens is 288 g/mol. The van der Waals surface area contributed by atoms with Gasteiger partial charge in [0.25, 0.3) is 5.91 Å². The Morgan fingerprint density at radius 3 is 2.81 bits per heavy atom. The molecule has 6 nitrogen and oxygen atoms in total. The van der Waals surface area contributed by atoms with Crippen molar-refractivity contribution in [2.45, 2.75) is 6.42 Å². The maximum Gasteiger partial charge on any atom is 0.263 e. The zero-order chi connectivity index (χ0) is 15.8. The summed E-state index contributed by atoms with van der Waals surface area (Å²) in [4.78, 5) is 14.6. The number of methoxy groups -OCH3 is 1. The van der Waals surface area contributed by atoms with E-state index in [4.69, 9.17) is 10.5 Å². The van der Waals surface area contributed by atoms with Crippen LogP contribution in [0.5, 0.6) is 5.75 Å². The number of rotatable bonds is 9. The van der Waals surface area contributed by atoms with Crippen LogP contribution in [0.1, 0.15) is 16.1 Å². The first kappa shape index (κ1) is 17.3. The first-order chi connectivity index (χ1) is 10.0. The van der Waals surface area contributed by atoms with E-state index >= 15 is 0 Å². The van der Waals surface area contributed by atoms with E-state index in [2.05, 4.69) is 22.1 Å². The summed E-state index contributed by atoms with van der Waals surface area (Å²) in [7, 11) is 5.62. The fourth-order valence-electron chi connectivity index (χ4n) is 1.76. The maximum atomic E-state index is 12.0. The third kappa shape index (κ3) is 4.95. The van der Waals surface area contributed by atoms with Crippen molar-refractivity contribution in [3.63, 3.8) is 0 Å². The molecule has 0 aliphatic carbocycles. The number of nitrogens with zero attached hydrogens (tertiary/aromatic N) is 1. The molecule has 21 heavy (non-hydrogen) atoms. The summed E-state index contributed by atoms with van der Waals surface area (Å²) in [6.07, 6.45) is 2.62. The number of thiophene rings is 1. The van der Waals surface area contributed by atoms with Gasteiger partial charge in [0.15, 0.2) is 5.75 Å². The van der Waals surface area contributed by atoms with Crippen molar-refractivity contribution in [2.75, 3.05) is 51.9 Å². The van der Waals surface area contributed by atoms with Crippen LogP contribution in [0.15, 0.2) is 12.7 Å². The molecule has 0 saturated carbocycles. The van der Waals surface area contributed by atoms with Crippen molar-refractivity contribution < 1.29 is 9.53 Å². The molecule has 1 aromatic rings. The molecule has 0 saturated heterocycles. The second kappa shape index (κ2) is 8.53. The van der Waals surface area contributed by atoms with Gasteiger partial charge in [0, 0.05) is 13.1 Å². The molecule has 7 heteroatoms. The molecule has 0 spiro atoms. The molecule has 1 heterocycles. The molecule has 0 bridgehead atoms. The van der Waals surface area contributed by atoms with Crippen LogP contribution in [0.2, 0.25) is 0 Å². The van der Waals surface area contributed by atoms with E-state index in [0.717, 1.165) is 24.5 Å². The Bertz CT molecular complexity index is 486. The number of amides is 1. The Hall–Kier alpha value is -1.73. The number of hydrogen-bond acceptors (Lipinski definition) is 6. The van der Waals surface area contributed by atoms with Gasteiger partial charge in [-0.05, 0) is 27.1 Å². The lowest BCUT2D eigenvalue weighted by molar-refractivity contribution is 0.0962. The summed E-state index contributed by atoms with van der Waals surface area (Å²) in [6.45, 7) is 5.76. The number of nitrogen functional groups attached to an aromatic ring is 1. The molecule has 0 aromatic carbocycles. The Labute approximate surface area is 130 Å². The van der Waals surface area contributed by atoms with Gasteiger partial charge in [-0.3, -0.25) is 4.79 Å². The standard InChI is InChI=1S/C14H24N4O2S/c1-5-7-16-13(19)12-10(15)11(20-4)14(21-12)17-8-6-9-18(2)3/h5,17H,1,6-9,15H2,2-4H3,(H,16,19). The van der Waals surface area contributed by atoms with Gasteiger partial charge in [-0.1, -0.05) is 6.08 Å². The first-order valence-electron chi connectivity index (χ1n) is 6.75. The molecule has 0 aliphatic rings. The Morgan fingerprint density at radius 1 is 1.52 bits per heavy atom. The summed E-state index contributed by atoms with van der Waals surface area (Å²) < 4.78 is 5.30. The fourth-order valence-corrected chi connectivity index (χ4v) is 2.79. The lowest BCUT2D eigenvalue weighted by Crippen LogP contribution is -2.23. The topological polar surface area (TPSA) is 79.6 Å². The molecule has 1 amide bonds. The highest BCUT2D eigenvalue weighted by atomic mass is 32.1. The van der Waals surface area contributed by atoms with Crippen molar-refractivity contribution >= 4 is 27.9 Å². The first-order valence-corrected chi connectivity index (χ1v) is 7.56. The summed E-state index contributed by atoms with van der Waals surface area (Å²) in [5, 5.41) is 6.79. The van der Waals surface area contributed by atoms with Crippen LogP contribution >= 0.6 is 11.3 Å². The average molecular weight is 312 g/mol. The Balaban J connectivity index is 2.75. The van der Waals surface area contributed by atoms with Crippen molar-refractivity contribution in [2.24, 2.45) is 0 Å². The number of ether oxygens (including phenoxy) is 1. The van der Waals surface area contributed by atoms with Crippen LogP contribution in [0.3, 0.4) is 0 Å². The molecule has 0 aliphatic heterocycles. The van der Waals surface area contributed by atoms with E-state index in [9.17, 15) is 4.79 Å². The van der Waals surface area contributed by atoms with Gasteiger partial charge in [0.05, 0.1) is 7.11 Å². The minimum absolute atomic E-state index is 0.211. The SMILES string of the molecule is C=CCNC(=O)c1sc(NCCCN(C)C)c(OC)c1N. The van der Waals surface area contributed by atoms with E-state index < -0.39 is 0 Å². The van der Waals surface area contributed by atoms with Crippen molar-refractivity contribution in [1.82, 2.24) is 10.2 Å². The van der Waals surface area contributed by atoms with Gasteiger partial charge in [0.2, 0.25) is 0 Å². The third-order valence-electron chi connectivity index (χ3n) is 2.78. The molecule has 0 atom stereocenters. The third-order valence-corrected chi connectivity index (χ3v) is 3.93. The number of hydrogen-bond donors (Lipinski definition) is 3. The molecule has 0 radical (unpaired) electrons. The number of carbonyl (C=O) groups is 1. The van der Waals surface area contributed by atoms with Crippen LogP contribution in [0.4, 0.5) is 10.7 Å². The highest BCUT2D eigenvalue weighted by Crippen LogP contribution is 2.42. The minimum atomic E-state index is -0.211. The van der Waals surface area contributed by atoms with Gasteiger partial charge in [0.1, 0.15) is 15.6 Å². The second-order valence-electron chi connectivity index (χ2n) is 4.79. The average Bonchev–Trinajstić information content (AvgIpc) is 2.77. The fraction of sp³-hybridized carbons (Fsp3) is 0.500. The smallest absolute Gasteiger partial charge is 0.263 e. The molecule has 1 aromatic heterocycles. The summed E-state index contributed by atoms with van der Waals surface area (Å²) in [6, 6.07) is 0. The zero-order valence-corrected chi connectivity index (χ0v) is 13.7. The normalized spacial score (nSPS) is 10.5. The van der Waals surface area contributed by atoms with E-state index in [1.165, 1.54) is 11.3 Å². The Morgan fingerprint density at radius 2 is 2.24 bits per heavy atom. The van der Waals surface area contributed by atoms with Gasteiger partial charge in [-0.25, -0.2) is 0 Å². The van der Waals surface area contributed by atoms with E-state index in [1.807, 2.05) is 14.1 Å². The summed E-state index contributed by atoms with van der Waals surface area (Å²) in [5.74, 6) is 0.325. The molecule has 0 fully saturated rings. The van der Waals surface area contributed by atoms with Crippen LogP contribution < -0.4 is 21.1 Å². The van der Waals surface area contributed by atoms with Gasteiger partial charge in [-0.15, -0.1) is 17.9 Å². The summed E-state index contributed by atoms with van der Waals surface area (Å²) in [5.41, 5.74) is 6.36. The van der Waals surface area contributed by atoms with E-state index in [0.29, 0.717) is 22.9 Å². The van der Waals surface area contributed by atoms with Crippen molar-refractivity contribution in [3.05, 3.63) is 17.5 Å². The largest absolute Gasteiger partial charge is 0.492 e. The lowest BCUT2D eigenvalue weighted by Gasteiger charge is -2.10. The van der Waals surface area contributed by atoms with Crippen LogP contribution in [-0.2, 0) is 0 Å². The number of nitrogens with two attached hydrogens (primary N) is 1. The summed E-state index contributed by atoms with van der Waals surface area (Å²) >= 11 is 1.31. The number of carbonyl (C=O) groups excluding carboxylic acids is 1. The number of anilines is 2. The Kier molecular flexibility index (Phi) is 7.04. The lowest BCUT2D eigenvalue weighted by atomic mass is 10.3. The molecule has 1 rings (SSSR count). The van der Waals surface area contributed by atoms with E-state index in [-0.39, 0.29) is 5.91 Å². The predicted molar refractivity (Wildman–Crippen MR) is 89.5 cm³/mol. The van der Waals surface area contributed by atoms with Crippen LogP contribution in [-0.4, -0.2) is 51.6 Å². The monoisotopic (exact) mass is 312 g/mol. The number of nitrogens with one attached hydrogen (secondary N) is 2. The van der Waals surface area contributed by atoms with Crippen molar-refractivity contribution in [3.8, 4) is 5.75 Å². The highest BCUT2D eigenvalue weighted by molar-refractivity contribution is 7.19. The molecular formula is C14H24N4O2S. The molecule has 118 valence electrons. The van der Waals surface area contributed by atoms with Crippen molar-refractivity contribution in [1.29, 1.82) is 0 Å². The predicted octanol–water partition coefficient (Wildman–Crippen LogP) is 1.62. The zero-order valence-electron chi connectivity index (χ0n) is 12.9.